The molecule has 1 amide bonds. The predicted octanol–water partition coefficient (Wildman–Crippen LogP) is 5.23. The average Bonchev–Trinajstić information content (AvgIpc) is 2.54. The predicted molar refractivity (Wildman–Crippen MR) is 96.3 cm³/mol. The van der Waals surface area contributed by atoms with Gasteiger partial charge in [0.25, 0.3) is 0 Å². The van der Waals surface area contributed by atoms with Gasteiger partial charge in [-0.2, -0.15) is 11.8 Å². The fraction of sp³-hybridized carbons (Fsp3) is 0.316. The van der Waals surface area contributed by atoms with Gasteiger partial charge in [-0.15, -0.1) is 0 Å². The Balaban J connectivity index is 1.70. The number of aryl methyl sites for hydroxylation is 2. The Bertz CT molecular complexity index is 698. The molecule has 0 spiro atoms. The summed E-state index contributed by atoms with van der Waals surface area (Å²) in [5.41, 5.74) is 3.74. The Labute approximate surface area is 145 Å². The van der Waals surface area contributed by atoms with Crippen LogP contribution in [-0.2, 0) is 10.5 Å². The maximum absolute atomic E-state index is 13.1. The van der Waals surface area contributed by atoms with E-state index in [1.54, 1.807) is 17.8 Å². The molecule has 0 aliphatic carbocycles. The highest BCUT2D eigenvalue weighted by Gasteiger charge is 2.07. The molecule has 1 N–H and O–H groups in total. The van der Waals surface area contributed by atoms with E-state index in [0.29, 0.717) is 12.2 Å². The summed E-state index contributed by atoms with van der Waals surface area (Å²) in [5.74, 6) is -0.247. The number of nitrogens with one attached hydrogen (secondary N) is 1. The highest BCUT2D eigenvalue weighted by Crippen LogP contribution is 2.20. The van der Waals surface area contributed by atoms with E-state index in [2.05, 4.69) is 5.32 Å². The van der Waals surface area contributed by atoms with Gasteiger partial charge in [-0.25, -0.2) is 8.78 Å². The van der Waals surface area contributed by atoms with Gasteiger partial charge in [0.2, 0.25) is 5.91 Å². The third-order valence-corrected chi connectivity index (χ3v) is 4.81. The number of benzene rings is 2. The van der Waals surface area contributed by atoms with Crippen LogP contribution in [0.15, 0.2) is 36.4 Å². The minimum Gasteiger partial charge on any atom is -0.326 e. The maximum atomic E-state index is 13.1. The number of thioether (sulfide) groups is 1. The molecule has 0 unspecified atom stereocenters. The van der Waals surface area contributed by atoms with Gasteiger partial charge >= 0.3 is 0 Å². The molecule has 2 aromatic rings. The third-order valence-electron chi connectivity index (χ3n) is 3.69. The van der Waals surface area contributed by atoms with Crippen LogP contribution in [0.5, 0.6) is 0 Å². The van der Waals surface area contributed by atoms with Crippen LogP contribution < -0.4 is 5.32 Å². The first-order valence-corrected chi connectivity index (χ1v) is 9.00. The number of carbonyl (C=O) groups excluding carboxylic acids is 1. The summed E-state index contributed by atoms with van der Waals surface area (Å²) in [6.07, 6.45) is 1.18. The van der Waals surface area contributed by atoms with Crippen LogP contribution in [-0.4, -0.2) is 11.7 Å². The van der Waals surface area contributed by atoms with Crippen molar-refractivity contribution in [3.05, 3.63) is 64.7 Å². The molecule has 0 heterocycles. The first-order valence-electron chi connectivity index (χ1n) is 7.85. The number of amides is 1. The Morgan fingerprint density at radius 3 is 2.46 bits per heavy atom. The summed E-state index contributed by atoms with van der Waals surface area (Å²) < 4.78 is 25.9. The summed E-state index contributed by atoms with van der Waals surface area (Å²) in [7, 11) is 0. The molecule has 0 aromatic heterocycles. The molecule has 2 rings (SSSR count). The minimum absolute atomic E-state index is 0.000765. The zero-order chi connectivity index (χ0) is 17.5. The number of carbonyl (C=O) groups is 1. The van der Waals surface area contributed by atoms with Crippen LogP contribution in [0.4, 0.5) is 14.5 Å². The summed E-state index contributed by atoms with van der Waals surface area (Å²) in [4.78, 5) is 12.0. The molecule has 5 heteroatoms. The second-order valence-corrected chi connectivity index (χ2v) is 6.82. The van der Waals surface area contributed by atoms with E-state index in [1.807, 2.05) is 32.0 Å². The van der Waals surface area contributed by atoms with Gasteiger partial charge in [0.15, 0.2) is 11.6 Å². The number of para-hydroxylation sites is 1. The molecular weight excluding hydrogens is 328 g/mol. The Kier molecular flexibility index (Phi) is 6.79. The Hall–Kier alpha value is -1.88. The fourth-order valence-corrected chi connectivity index (χ4v) is 3.28. The van der Waals surface area contributed by atoms with Crippen LogP contribution >= 0.6 is 11.8 Å². The lowest BCUT2D eigenvalue weighted by atomic mass is 10.1. The number of halogens is 2. The van der Waals surface area contributed by atoms with Crippen molar-refractivity contribution in [3.63, 3.8) is 0 Å². The molecular formula is C19H21F2NOS. The molecule has 0 bridgehead atoms. The number of anilines is 1. The van der Waals surface area contributed by atoms with Gasteiger partial charge in [-0.1, -0.05) is 24.3 Å². The fourth-order valence-electron chi connectivity index (χ4n) is 2.37. The normalized spacial score (nSPS) is 10.7. The van der Waals surface area contributed by atoms with E-state index in [1.165, 1.54) is 6.07 Å². The van der Waals surface area contributed by atoms with E-state index in [9.17, 15) is 13.6 Å². The van der Waals surface area contributed by atoms with Gasteiger partial charge in [-0.3, -0.25) is 4.79 Å². The molecule has 0 radical (unpaired) electrons. The minimum atomic E-state index is -0.827. The summed E-state index contributed by atoms with van der Waals surface area (Å²) in [6.45, 7) is 3.95. The van der Waals surface area contributed by atoms with E-state index in [-0.39, 0.29) is 5.91 Å². The standard InChI is InChI=1S/C19H21F2NOS/c1-13-5-3-6-14(2)19(13)22-18(23)7-4-10-24-12-15-8-9-16(20)17(21)11-15/h3,5-6,8-9,11H,4,7,10,12H2,1-2H3,(H,22,23). The van der Waals surface area contributed by atoms with E-state index in [4.69, 9.17) is 0 Å². The lowest BCUT2D eigenvalue weighted by Gasteiger charge is -2.11. The van der Waals surface area contributed by atoms with Crippen molar-refractivity contribution in [2.24, 2.45) is 0 Å². The Morgan fingerprint density at radius 1 is 1.08 bits per heavy atom. The number of hydrogen-bond donors (Lipinski definition) is 1. The topological polar surface area (TPSA) is 29.1 Å². The zero-order valence-corrected chi connectivity index (χ0v) is 14.7. The second kappa shape index (κ2) is 8.83. The van der Waals surface area contributed by atoms with Crippen molar-refractivity contribution in [2.75, 3.05) is 11.1 Å². The van der Waals surface area contributed by atoms with Gasteiger partial charge < -0.3 is 5.32 Å². The van der Waals surface area contributed by atoms with Crippen molar-refractivity contribution in [1.29, 1.82) is 0 Å². The Morgan fingerprint density at radius 2 is 1.79 bits per heavy atom. The van der Waals surface area contributed by atoms with Crippen LogP contribution in [0.1, 0.15) is 29.5 Å². The summed E-state index contributed by atoms with van der Waals surface area (Å²) >= 11 is 1.61. The van der Waals surface area contributed by atoms with Gasteiger partial charge in [0.1, 0.15) is 0 Å². The van der Waals surface area contributed by atoms with Crippen molar-refractivity contribution in [3.8, 4) is 0 Å². The van der Waals surface area contributed by atoms with E-state index < -0.39 is 11.6 Å². The molecule has 128 valence electrons. The average molecular weight is 349 g/mol. The molecule has 24 heavy (non-hydrogen) atoms. The van der Waals surface area contributed by atoms with Gasteiger partial charge in [-0.05, 0) is 54.8 Å². The number of hydrogen-bond acceptors (Lipinski definition) is 2. The van der Waals surface area contributed by atoms with Crippen LogP contribution in [0, 0.1) is 25.5 Å². The molecule has 0 saturated carbocycles. The highest BCUT2D eigenvalue weighted by molar-refractivity contribution is 7.98. The van der Waals surface area contributed by atoms with Crippen molar-refractivity contribution in [1.82, 2.24) is 0 Å². The lowest BCUT2D eigenvalue weighted by Crippen LogP contribution is -2.13. The monoisotopic (exact) mass is 349 g/mol. The second-order valence-electron chi connectivity index (χ2n) is 5.72. The molecule has 2 nitrogen and oxygen atoms in total. The molecule has 2 aromatic carbocycles. The smallest absolute Gasteiger partial charge is 0.224 e. The first kappa shape index (κ1) is 18.5. The van der Waals surface area contributed by atoms with Crippen molar-refractivity contribution in [2.45, 2.75) is 32.4 Å². The molecule has 0 aliphatic heterocycles. The molecule has 0 saturated heterocycles. The molecule has 0 atom stereocenters. The van der Waals surface area contributed by atoms with Crippen LogP contribution in [0.2, 0.25) is 0 Å². The maximum Gasteiger partial charge on any atom is 0.224 e. The lowest BCUT2D eigenvalue weighted by molar-refractivity contribution is -0.116. The van der Waals surface area contributed by atoms with E-state index >= 15 is 0 Å². The van der Waals surface area contributed by atoms with E-state index in [0.717, 1.165) is 40.6 Å². The van der Waals surface area contributed by atoms with Crippen LogP contribution in [0.3, 0.4) is 0 Å². The largest absolute Gasteiger partial charge is 0.326 e. The van der Waals surface area contributed by atoms with Crippen molar-refractivity contribution < 1.29 is 13.6 Å². The number of rotatable bonds is 7. The quantitative estimate of drug-likeness (QED) is 0.693. The summed E-state index contributed by atoms with van der Waals surface area (Å²) in [5, 5.41) is 2.96. The SMILES string of the molecule is Cc1cccc(C)c1NC(=O)CCCSCc1ccc(F)c(F)c1. The highest BCUT2D eigenvalue weighted by atomic mass is 32.2. The zero-order valence-electron chi connectivity index (χ0n) is 13.9. The van der Waals surface area contributed by atoms with Crippen molar-refractivity contribution >= 4 is 23.4 Å². The first-order chi connectivity index (χ1) is 11.5. The molecule has 0 fully saturated rings. The summed E-state index contributed by atoms with van der Waals surface area (Å²) in [6, 6.07) is 9.86. The van der Waals surface area contributed by atoms with Gasteiger partial charge in [0.05, 0.1) is 0 Å². The molecule has 0 aliphatic rings. The third kappa shape index (κ3) is 5.34. The van der Waals surface area contributed by atoms with Gasteiger partial charge in [0, 0.05) is 17.9 Å². The van der Waals surface area contributed by atoms with Crippen LogP contribution in [0.25, 0.3) is 0 Å².